The van der Waals surface area contributed by atoms with E-state index in [0.29, 0.717) is 26.1 Å². The Morgan fingerprint density at radius 1 is 1.06 bits per heavy atom. The Morgan fingerprint density at radius 2 is 1.73 bits per heavy atom. The maximum atomic E-state index is 13.7. The van der Waals surface area contributed by atoms with Gasteiger partial charge in [0.2, 0.25) is 17.7 Å². The maximum absolute atomic E-state index is 13.7. The van der Waals surface area contributed by atoms with Crippen molar-refractivity contribution in [1.82, 2.24) is 25.3 Å². The largest absolute Gasteiger partial charge is 0.342 e. The Bertz CT molecular complexity index is 657. The first-order valence-electron chi connectivity index (χ1n) is 12.9. The highest BCUT2D eigenvalue weighted by molar-refractivity contribution is 5.90. The third kappa shape index (κ3) is 7.95. The SMILES string of the molecule is CCC(=O)N(CCN1CCCCC1)C[C@@H]1CCCN1C(=O)[C@@H](NC(=O)[C@H](C)NC)C(C)(C)C. The van der Waals surface area contributed by atoms with E-state index in [-0.39, 0.29) is 29.8 Å². The number of amides is 3. The summed E-state index contributed by atoms with van der Waals surface area (Å²) in [5.74, 6) is -0.0674. The monoisotopic (exact) mass is 465 g/mol. The number of carbonyl (C=O) groups is 3. The van der Waals surface area contributed by atoms with Crippen molar-refractivity contribution in [2.24, 2.45) is 5.41 Å². The van der Waals surface area contributed by atoms with Gasteiger partial charge in [0.1, 0.15) is 6.04 Å². The van der Waals surface area contributed by atoms with Gasteiger partial charge in [-0.15, -0.1) is 0 Å². The number of likely N-dealkylation sites (N-methyl/N-ethyl adjacent to an activating group) is 1. The molecule has 3 amide bonds. The molecule has 8 heteroatoms. The molecule has 2 N–H and O–H groups in total. The summed E-state index contributed by atoms with van der Waals surface area (Å²) in [7, 11) is 1.73. The molecule has 2 heterocycles. The molecular weight excluding hydrogens is 418 g/mol. The van der Waals surface area contributed by atoms with Crippen molar-refractivity contribution in [3.8, 4) is 0 Å². The highest BCUT2D eigenvalue weighted by Crippen LogP contribution is 2.26. The van der Waals surface area contributed by atoms with Crippen molar-refractivity contribution in [2.75, 3.05) is 46.3 Å². The van der Waals surface area contributed by atoms with E-state index in [1.165, 1.54) is 19.3 Å². The molecule has 190 valence electrons. The van der Waals surface area contributed by atoms with E-state index < -0.39 is 11.5 Å². The van der Waals surface area contributed by atoms with Gasteiger partial charge in [0.05, 0.1) is 6.04 Å². The van der Waals surface area contributed by atoms with E-state index in [1.807, 2.05) is 37.5 Å². The molecule has 0 unspecified atom stereocenters. The summed E-state index contributed by atoms with van der Waals surface area (Å²) in [4.78, 5) is 45.3. The Balaban J connectivity index is 2.08. The Hall–Kier alpha value is -1.67. The minimum Gasteiger partial charge on any atom is -0.342 e. The van der Waals surface area contributed by atoms with Gasteiger partial charge >= 0.3 is 0 Å². The summed E-state index contributed by atoms with van der Waals surface area (Å²) >= 11 is 0. The molecule has 0 aliphatic carbocycles. The number of likely N-dealkylation sites (tertiary alicyclic amines) is 2. The van der Waals surface area contributed by atoms with Crippen molar-refractivity contribution in [1.29, 1.82) is 0 Å². The van der Waals surface area contributed by atoms with Crippen LogP contribution in [0.3, 0.4) is 0 Å². The smallest absolute Gasteiger partial charge is 0.246 e. The standard InChI is InChI=1S/C25H47N5O3/c1-7-21(31)29(17-16-28-13-9-8-10-14-28)18-20-12-11-15-30(20)24(33)22(25(3,4)5)27-23(32)19(2)26-6/h19-20,22,26H,7-18H2,1-6H3,(H,27,32)/t19-,20-,22+/m0/s1. The van der Waals surface area contributed by atoms with Gasteiger partial charge in [0.25, 0.3) is 0 Å². The van der Waals surface area contributed by atoms with E-state index in [4.69, 9.17) is 0 Å². The van der Waals surface area contributed by atoms with E-state index in [2.05, 4.69) is 15.5 Å². The molecule has 0 aromatic rings. The molecule has 2 aliphatic rings. The highest BCUT2D eigenvalue weighted by Gasteiger charge is 2.40. The van der Waals surface area contributed by atoms with Crippen molar-refractivity contribution in [3.63, 3.8) is 0 Å². The summed E-state index contributed by atoms with van der Waals surface area (Å²) < 4.78 is 0. The van der Waals surface area contributed by atoms with Gasteiger partial charge < -0.3 is 25.3 Å². The second-order valence-electron chi connectivity index (χ2n) is 10.7. The molecule has 2 aliphatic heterocycles. The molecule has 0 saturated carbocycles. The van der Waals surface area contributed by atoms with Crippen LogP contribution in [0, 0.1) is 5.41 Å². The number of carbonyl (C=O) groups excluding carboxylic acids is 3. The second kappa shape index (κ2) is 12.7. The zero-order chi connectivity index (χ0) is 24.6. The Labute approximate surface area is 200 Å². The Kier molecular flexibility index (Phi) is 10.6. The minimum atomic E-state index is -0.606. The first-order valence-corrected chi connectivity index (χ1v) is 12.9. The fraction of sp³-hybridized carbons (Fsp3) is 0.880. The fourth-order valence-electron chi connectivity index (χ4n) is 4.77. The van der Waals surface area contributed by atoms with Crippen LogP contribution in [0.4, 0.5) is 0 Å². The first-order chi connectivity index (χ1) is 15.6. The summed E-state index contributed by atoms with van der Waals surface area (Å²) in [5.41, 5.74) is -0.416. The average molecular weight is 466 g/mol. The van der Waals surface area contributed by atoms with Crippen LogP contribution < -0.4 is 10.6 Å². The number of nitrogens with zero attached hydrogens (tertiary/aromatic N) is 3. The molecule has 0 aromatic heterocycles. The van der Waals surface area contributed by atoms with Gasteiger partial charge in [-0.2, -0.15) is 0 Å². The predicted molar refractivity (Wildman–Crippen MR) is 132 cm³/mol. The van der Waals surface area contributed by atoms with Gasteiger partial charge in [0, 0.05) is 38.6 Å². The summed E-state index contributed by atoms with van der Waals surface area (Å²) in [6.45, 7) is 14.7. The molecule has 0 spiro atoms. The van der Waals surface area contributed by atoms with E-state index in [0.717, 1.165) is 32.5 Å². The molecule has 0 aromatic carbocycles. The third-order valence-corrected chi connectivity index (χ3v) is 7.11. The predicted octanol–water partition coefficient (Wildman–Crippen LogP) is 1.84. The van der Waals surface area contributed by atoms with Crippen LogP contribution in [0.25, 0.3) is 0 Å². The molecule has 2 fully saturated rings. The number of piperidine rings is 1. The number of hydrogen-bond donors (Lipinski definition) is 2. The highest BCUT2D eigenvalue weighted by atomic mass is 16.2. The van der Waals surface area contributed by atoms with Crippen LogP contribution in [0.2, 0.25) is 0 Å². The lowest BCUT2D eigenvalue weighted by atomic mass is 9.85. The van der Waals surface area contributed by atoms with E-state index >= 15 is 0 Å². The number of rotatable bonds is 10. The molecule has 8 nitrogen and oxygen atoms in total. The molecule has 33 heavy (non-hydrogen) atoms. The van der Waals surface area contributed by atoms with Crippen LogP contribution in [-0.2, 0) is 14.4 Å². The van der Waals surface area contributed by atoms with Gasteiger partial charge in [0.15, 0.2) is 0 Å². The van der Waals surface area contributed by atoms with Crippen LogP contribution in [0.15, 0.2) is 0 Å². The third-order valence-electron chi connectivity index (χ3n) is 7.11. The molecular formula is C25H47N5O3. The average Bonchev–Trinajstić information content (AvgIpc) is 3.26. The summed E-state index contributed by atoms with van der Waals surface area (Å²) in [5, 5.41) is 5.92. The van der Waals surface area contributed by atoms with E-state index in [1.54, 1.807) is 14.0 Å². The molecule has 2 saturated heterocycles. The van der Waals surface area contributed by atoms with E-state index in [9.17, 15) is 14.4 Å². The second-order valence-corrected chi connectivity index (χ2v) is 10.7. The zero-order valence-corrected chi connectivity index (χ0v) is 21.8. The van der Waals surface area contributed by atoms with Gasteiger partial charge in [-0.3, -0.25) is 14.4 Å². The van der Waals surface area contributed by atoms with Crippen LogP contribution >= 0.6 is 0 Å². The van der Waals surface area contributed by atoms with Crippen LogP contribution in [0.5, 0.6) is 0 Å². The number of nitrogens with one attached hydrogen (secondary N) is 2. The topological polar surface area (TPSA) is 85.0 Å². The van der Waals surface area contributed by atoms with Crippen LogP contribution in [0.1, 0.15) is 73.1 Å². The van der Waals surface area contributed by atoms with Crippen molar-refractivity contribution in [2.45, 2.75) is 91.3 Å². The van der Waals surface area contributed by atoms with Gasteiger partial charge in [-0.05, 0) is 58.2 Å². The van der Waals surface area contributed by atoms with Gasteiger partial charge in [-0.25, -0.2) is 0 Å². The van der Waals surface area contributed by atoms with Crippen LogP contribution in [-0.4, -0.2) is 96.9 Å². The quantitative estimate of drug-likeness (QED) is 0.514. The molecule has 0 bridgehead atoms. The normalized spacial score (nSPS) is 21.5. The summed E-state index contributed by atoms with van der Waals surface area (Å²) in [6.07, 6.45) is 6.06. The fourth-order valence-corrected chi connectivity index (χ4v) is 4.77. The molecule has 3 atom stereocenters. The first kappa shape index (κ1) is 27.6. The zero-order valence-electron chi connectivity index (χ0n) is 21.8. The lowest BCUT2D eigenvalue weighted by molar-refractivity contribution is -0.142. The molecule has 0 radical (unpaired) electrons. The summed E-state index contributed by atoms with van der Waals surface area (Å²) in [6, 6.07) is -0.979. The Morgan fingerprint density at radius 3 is 2.30 bits per heavy atom. The van der Waals surface area contributed by atoms with Crippen molar-refractivity contribution < 1.29 is 14.4 Å². The molecule has 2 rings (SSSR count). The lowest BCUT2D eigenvalue weighted by Gasteiger charge is -2.38. The maximum Gasteiger partial charge on any atom is 0.246 e. The van der Waals surface area contributed by atoms with Crippen molar-refractivity contribution >= 4 is 17.7 Å². The number of hydrogen-bond acceptors (Lipinski definition) is 5. The lowest BCUT2D eigenvalue weighted by Crippen LogP contribution is -2.59. The minimum absolute atomic E-state index is 0.00201. The van der Waals surface area contributed by atoms with Crippen molar-refractivity contribution in [3.05, 3.63) is 0 Å². The van der Waals surface area contributed by atoms with Gasteiger partial charge in [-0.1, -0.05) is 34.1 Å².